The van der Waals surface area contributed by atoms with Crippen LogP contribution in [0.1, 0.15) is 92.4 Å². The first-order valence-corrected chi connectivity index (χ1v) is 19.5. The van der Waals surface area contributed by atoms with Crippen molar-refractivity contribution in [3.8, 4) is 0 Å². The maximum atomic E-state index is 14.1. The summed E-state index contributed by atoms with van der Waals surface area (Å²) in [4.78, 5) is 33.1. The largest absolute Gasteiger partial charge is 0.345 e. The molecule has 0 radical (unpaired) electrons. The quantitative estimate of drug-likeness (QED) is 0.137. The van der Waals surface area contributed by atoms with Crippen molar-refractivity contribution < 1.29 is 9.59 Å². The molecule has 9 unspecified atom stereocenters. The Kier molecular flexibility index (Phi) is 13.5. The number of allylic oxidation sites excluding steroid dienone is 1. The Morgan fingerprint density at radius 1 is 1.02 bits per heavy atom. The predicted octanol–water partition coefficient (Wildman–Crippen LogP) is 8.17. The van der Waals surface area contributed by atoms with Crippen LogP contribution in [-0.2, 0) is 9.59 Å². The van der Waals surface area contributed by atoms with E-state index in [9.17, 15) is 9.59 Å². The molecule has 4 rings (SSSR count). The maximum absolute atomic E-state index is 14.1. The van der Waals surface area contributed by atoms with Gasteiger partial charge in [-0.15, -0.1) is 34.8 Å². The number of nitrogens with zero attached hydrogens (tertiary/aromatic N) is 3. The first-order valence-electron chi connectivity index (χ1n) is 18.1. The number of carbonyl (C=O) groups is 2. The number of halogens is 3. The fourth-order valence-corrected chi connectivity index (χ4v) is 10.3. The molecule has 0 aromatic rings. The van der Waals surface area contributed by atoms with Gasteiger partial charge in [0, 0.05) is 55.5 Å². The molecule has 5 nitrogen and oxygen atoms in total. The van der Waals surface area contributed by atoms with Crippen molar-refractivity contribution in [2.24, 2.45) is 52.8 Å². The number of carbonyl (C=O) groups excluding carboxylic acids is 2. The van der Waals surface area contributed by atoms with Crippen LogP contribution in [-0.4, -0.2) is 90.0 Å². The normalized spacial score (nSPS) is 33.0. The zero-order valence-corrected chi connectivity index (χ0v) is 31.5. The summed E-state index contributed by atoms with van der Waals surface area (Å²) in [7, 11) is 3.58. The number of fused-ring (bicyclic) bond motifs is 1. The van der Waals surface area contributed by atoms with Crippen molar-refractivity contribution in [3.05, 3.63) is 11.6 Å². The number of alkyl halides is 3. The molecule has 258 valence electrons. The van der Waals surface area contributed by atoms with Crippen LogP contribution >= 0.6 is 34.8 Å². The molecule has 8 heteroatoms. The molecule has 4 fully saturated rings. The third-order valence-electron chi connectivity index (χ3n) is 12.3. The minimum absolute atomic E-state index is 0.0230. The molecule has 0 aromatic carbocycles. The number of amides is 2. The highest BCUT2D eigenvalue weighted by Gasteiger charge is 2.59. The molecule has 4 aliphatic rings. The fraction of sp³-hybridized carbons (Fsp3) is 0.892. The minimum atomic E-state index is -0.432. The van der Waals surface area contributed by atoms with Gasteiger partial charge in [0.1, 0.15) is 0 Å². The van der Waals surface area contributed by atoms with E-state index >= 15 is 0 Å². The van der Waals surface area contributed by atoms with Crippen LogP contribution in [0.5, 0.6) is 0 Å². The van der Waals surface area contributed by atoms with E-state index in [0.717, 1.165) is 75.2 Å². The van der Waals surface area contributed by atoms with Crippen molar-refractivity contribution in [2.45, 2.75) is 103 Å². The Hall–Kier alpha value is -0.490. The molecule has 45 heavy (non-hydrogen) atoms. The summed E-state index contributed by atoms with van der Waals surface area (Å²) in [5.74, 6) is 5.00. The van der Waals surface area contributed by atoms with Crippen molar-refractivity contribution in [1.82, 2.24) is 14.7 Å². The second kappa shape index (κ2) is 16.3. The molecule has 2 saturated heterocycles. The van der Waals surface area contributed by atoms with Crippen LogP contribution in [0.4, 0.5) is 0 Å². The molecule has 2 heterocycles. The molecule has 0 aromatic heterocycles. The minimum Gasteiger partial charge on any atom is -0.345 e. The summed E-state index contributed by atoms with van der Waals surface area (Å²) in [5.41, 5.74) is 0.287. The number of rotatable bonds is 14. The standard InChI is InChI=1S/C37H62Cl3N3O2/c1-8-11-25(13-14-27(21-38)35(44)41(6)7)22-42-17-10-12-26(15-18-42)29-16-19-43(23-28-20-30(28)29)36(45)37(4,5)24(3)32-33(34(32)40)31(39)9-2/h14,24-26,28-34H,8-13,15-23H2,1-7H3/b27-14+/t24-,25?,26?,28?,29?,30?,31?,32?,33?,34?/m0/s1. The van der Waals surface area contributed by atoms with Crippen LogP contribution in [0.3, 0.4) is 0 Å². The first-order chi connectivity index (χ1) is 21.3. The van der Waals surface area contributed by atoms with Gasteiger partial charge in [-0.2, -0.15) is 0 Å². The van der Waals surface area contributed by atoms with Gasteiger partial charge in [0.2, 0.25) is 11.8 Å². The third kappa shape index (κ3) is 8.95. The Morgan fingerprint density at radius 2 is 1.76 bits per heavy atom. The first kappa shape index (κ1) is 37.3. The Balaban J connectivity index is 1.31. The second-order valence-electron chi connectivity index (χ2n) is 15.8. The highest BCUT2D eigenvalue weighted by atomic mass is 35.5. The summed E-state index contributed by atoms with van der Waals surface area (Å²) >= 11 is 19.5. The van der Waals surface area contributed by atoms with Crippen LogP contribution in [0.2, 0.25) is 0 Å². The van der Waals surface area contributed by atoms with Gasteiger partial charge in [0.05, 0.1) is 5.88 Å². The van der Waals surface area contributed by atoms with E-state index in [2.05, 4.69) is 50.5 Å². The van der Waals surface area contributed by atoms with Gasteiger partial charge >= 0.3 is 0 Å². The van der Waals surface area contributed by atoms with Crippen LogP contribution in [0, 0.1) is 52.8 Å². The van der Waals surface area contributed by atoms with E-state index in [-0.39, 0.29) is 28.5 Å². The van der Waals surface area contributed by atoms with Crippen molar-refractivity contribution in [1.29, 1.82) is 0 Å². The lowest BCUT2D eigenvalue weighted by Crippen LogP contribution is -2.46. The lowest BCUT2D eigenvalue weighted by atomic mass is 9.75. The van der Waals surface area contributed by atoms with Crippen molar-refractivity contribution in [2.75, 3.05) is 52.7 Å². The van der Waals surface area contributed by atoms with Gasteiger partial charge in [0.15, 0.2) is 0 Å². The van der Waals surface area contributed by atoms with Gasteiger partial charge in [-0.3, -0.25) is 9.59 Å². The van der Waals surface area contributed by atoms with Gasteiger partial charge in [-0.05, 0) is 112 Å². The molecular weight excluding hydrogens is 625 g/mol. The highest BCUT2D eigenvalue weighted by Crippen LogP contribution is 2.58. The van der Waals surface area contributed by atoms with E-state index in [4.69, 9.17) is 34.8 Å². The lowest BCUT2D eigenvalue weighted by molar-refractivity contribution is -0.144. The zero-order valence-electron chi connectivity index (χ0n) is 29.2. The molecular formula is C37H62Cl3N3O2. The van der Waals surface area contributed by atoms with Crippen LogP contribution in [0.15, 0.2) is 11.6 Å². The zero-order chi connectivity index (χ0) is 33.1. The molecule has 0 bridgehead atoms. The molecule has 2 amide bonds. The van der Waals surface area contributed by atoms with Gasteiger partial charge < -0.3 is 14.7 Å². The average molecular weight is 687 g/mol. The molecule has 10 atom stereocenters. The Labute approximate surface area is 290 Å². The second-order valence-corrected chi connectivity index (χ2v) is 17.2. The smallest absolute Gasteiger partial charge is 0.250 e. The molecule has 0 N–H and O–H groups in total. The summed E-state index contributed by atoms with van der Waals surface area (Å²) in [6, 6.07) is 0. The van der Waals surface area contributed by atoms with Gasteiger partial charge in [-0.25, -0.2) is 0 Å². The van der Waals surface area contributed by atoms with Crippen molar-refractivity contribution >= 4 is 46.6 Å². The summed E-state index contributed by atoms with van der Waals surface area (Å²) in [6.07, 6.45) is 12.5. The van der Waals surface area contributed by atoms with E-state index < -0.39 is 5.41 Å². The Morgan fingerprint density at radius 3 is 2.40 bits per heavy atom. The maximum Gasteiger partial charge on any atom is 0.250 e. The third-order valence-corrected chi connectivity index (χ3v) is 13.8. The molecule has 2 saturated carbocycles. The molecule has 2 aliphatic carbocycles. The molecule has 2 aliphatic heterocycles. The van der Waals surface area contributed by atoms with Crippen LogP contribution in [0.25, 0.3) is 0 Å². The van der Waals surface area contributed by atoms with E-state index in [0.29, 0.717) is 29.6 Å². The lowest BCUT2D eigenvalue weighted by Gasteiger charge is -2.37. The SMILES string of the molecule is CCCC(C/C=C(\CCl)C(=O)N(C)C)CN1CCCC(C2CCN(C(=O)C(C)(C)[C@@H](C)C3C(Cl)C3C(Cl)CC)CC3CC32)CC1. The summed E-state index contributed by atoms with van der Waals surface area (Å²) < 4.78 is 0. The fourth-order valence-electron chi connectivity index (χ4n) is 9.04. The molecule has 0 spiro atoms. The van der Waals surface area contributed by atoms with Gasteiger partial charge in [-0.1, -0.05) is 47.1 Å². The van der Waals surface area contributed by atoms with E-state index in [1.54, 1.807) is 19.0 Å². The number of likely N-dealkylation sites (tertiary alicyclic amines) is 2. The van der Waals surface area contributed by atoms with Gasteiger partial charge in [0.25, 0.3) is 0 Å². The van der Waals surface area contributed by atoms with Crippen molar-refractivity contribution in [3.63, 3.8) is 0 Å². The number of likely N-dealkylation sites (N-methyl/N-ethyl adjacent to an activating group) is 1. The van der Waals surface area contributed by atoms with E-state index in [1.165, 1.54) is 38.6 Å². The Bertz CT molecular complexity index is 1030. The highest BCUT2D eigenvalue weighted by molar-refractivity contribution is 6.26. The van der Waals surface area contributed by atoms with E-state index in [1.807, 2.05) is 0 Å². The number of hydrogen-bond donors (Lipinski definition) is 0. The topological polar surface area (TPSA) is 43.9 Å². The monoisotopic (exact) mass is 685 g/mol. The number of hydrogen-bond acceptors (Lipinski definition) is 3. The predicted molar refractivity (Wildman–Crippen MR) is 190 cm³/mol. The average Bonchev–Trinajstić information content (AvgIpc) is 3.92. The van der Waals surface area contributed by atoms with Crippen LogP contribution < -0.4 is 0 Å². The summed E-state index contributed by atoms with van der Waals surface area (Å²) in [5, 5.41) is 0.194. The summed E-state index contributed by atoms with van der Waals surface area (Å²) in [6.45, 7) is 16.2.